The van der Waals surface area contributed by atoms with Gasteiger partial charge in [0.1, 0.15) is 11.5 Å². The number of carbonyl (C=O) groups excluding carboxylic acids is 1. The number of rotatable bonds is 4. The number of carbonyl (C=O) groups is 1. The third-order valence-corrected chi connectivity index (χ3v) is 3.52. The molecular formula is C12H10FN3O3S. The molecule has 0 saturated heterocycles. The molecule has 1 aromatic carbocycles. The average molecular weight is 295 g/mol. The first-order valence-electron chi connectivity index (χ1n) is 5.51. The molecule has 0 unspecified atom stereocenters. The highest BCUT2D eigenvalue weighted by Crippen LogP contribution is 2.22. The molecule has 0 radical (unpaired) electrons. The summed E-state index contributed by atoms with van der Waals surface area (Å²) in [5.41, 5.74) is 3.52. The lowest BCUT2D eigenvalue weighted by Crippen LogP contribution is -2.31. The molecular weight excluding hydrogens is 285 g/mol. The fourth-order valence-electron chi connectivity index (χ4n) is 1.55. The Kier molecular flexibility index (Phi) is 4.04. The van der Waals surface area contributed by atoms with E-state index in [1.54, 1.807) is 12.1 Å². The Balaban J connectivity index is 2.29. The summed E-state index contributed by atoms with van der Waals surface area (Å²) < 4.78 is 12.8. The van der Waals surface area contributed by atoms with E-state index in [-0.39, 0.29) is 22.8 Å². The number of benzene rings is 1. The zero-order chi connectivity index (χ0) is 14.7. The Morgan fingerprint density at radius 1 is 1.20 bits per heavy atom. The van der Waals surface area contributed by atoms with Gasteiger partial charge in [-0.2, -0.15) is 0 Å². The first-order chi connectivity index (χ1) is 9.47. The van der Waals surface area contributed by atoms with Gasteiger partial charge in [-0.3, -0.25) is 14.6 Å². The van der Waals surface area contributed by atoms with E-state index in [9.17, 15) is 18.8 Å². The largest absolute Gasteiger partial charge is 0.364 e. The van der Waals surface area contributed by atoms with Crippen LogP contribution in [-0.2, 0) is 5.75 Å². The Morgan fingerprint density at radius 3 is 2.45 bits per heavy atom. The molecule has 1 amide bonds. The third-order valence-electron chi connectivity index (χ3n) is 2.48. The van der Waals surface area contributed by atoms with Crippen molar-refractivity contribution < 1.29 is 9.18 Å². The quantitative estimate of drug-likeness (QED) is 0.717. The number of aromatic nitrogens is 2. The lowest BCUT2D eigenvalue weighted by atomic mass is 10.2. The standard InChI is InChI=1S/C12H10FN3O3S/c13-6-1-3-7(4-2-6)20-5-8-9(10(14)17)15-12(19)16-11(8)18/h1-4H,5H2,(H2,14,17)(H2,15,16,18,19). The molecule has 104 valence electrons. The van der Waals surface area contributed by atoms with Gasteiger partial charge in [-0.25, -0.2) is 9.18 Å². The maximum atomic E-state index is 12.8. The van der Waals surface area contributed by atoms with E-state index in [2.05, 4.69) is 4.98 Å². The second kappa shape index (κ2) is 5.74. The predicted octanol–water partition coefficient (Wildman–Crippen LogP) is 0.593. The molecule has 0 atom stereocenters. The lowest BCUT2D eigenvalue weighted by molar-refractivity contribution is 0.0994. The second-order valence-electron chi connectivity index (χ2n) is 3.87. The summed E-state index contributed by atoms with van der Waals surface area (Å²) in [6.45, 7) is 0. The summed E-state index contributed by atoms with van der Waals surface area (Å²) in [6, 6.07) is 5.66. The molecule has 8 heteroatoms. The fraction of sp³-hybridized carbons (Fsp3) is 0.0833. The number of amides is 1. The molecule has 0 bridgehead atoms. The van der Waals surface area contributed by atoms with Crippen LogP contribution in [0.5, 0.6) is 0 Å². The lowest BCUT2D eigenvalue weighted by Gasteiger charge is -2.05. The van der Waals surface area contributed by atoms with Crippen LogP contribution in [0.25, 0.3) is 0 Å². The van der Waals surface area contributed by atoms with Gasteiger partial charge >= 0.3 is 5.69 Å². The number of H-pyrrole nitrogens is 2. The Hall–Kier alpha value is -2.35. The van der Waals surface area contributed by atoms with Crippen LogP contribution in [0.1, 0.15) is 16.1 Å². The third kappa shape index (κ3) is 3.15. The molecule has 0 aliphatic rings. The van der Waals surface area contributed by atoms with Gasteiger partial charge in [-0.05, 0) is 24.3 Å². The Bertz CT molecular complexity index is 752. The van der Waals surface area contributed by atoms with E-state index < -0.39 is 17.2 Å². The molecule has 0 aliphatic heterocycles. The van der Waals surface area contributed by atoms with E-state index in [0.29, 0.717) is 4.90 Å². The monoisotopic (exact) mass is 295 g/mol. The zero-order valence-corrected chi connectivity index (χ0v) is 10.9. The molecule has 2 rings (SSSR count). The van der Waals surface area contributed by atoms with Crippen LogP contribution in [-0.4, -0.2) is 15.9 Å². The molecule has 0 spiro atoms. The van der Waals surface area contributed by atoms with Gasteiger partial charge < -0.3 is 10.7 Å². The minimum atomic E-state index is -0.886. The summed E-state index contributed by atoms with van der Waals surface area (Å²) in [7, 11) is 0. The number of nitrogens with two attached hydrogens (primary N) is 1. The highest BCUT2D eigenvalue weighted by Gasteiger charge is 2.14. The van der Waals surface area contributed by atoms with Crippen LogP contribution in [0.3, 0.4) is 0 Å². The highest BCUT2D eigenvalue weighted by molar-refractivity contribution is 7.98. The van der Waals surface area contributed by atoms with Crippen LogP contribution >= 0.6 is 11.8 Å². The summed E-state index contributed by atoms with van der Waals surface area (Å²) in [6.07, 6.45) is 0. The van der Waals surface area contributed by atoms with Crippen molar-refractivity contribution >= 4 is 17.7 Å². The number of halogens is 1. The molecule has 1 aromatic heterocycles. The number of primary amides is 1. The van der Waals surface area contributed by atoms with Gasteiger partial charge in [-0.1, -0.05) is 0 Å². The van der Waals surface area contributed by atoms with Crippen LogP contribution in [0.15, 0.2) is 38.8 Å². The Labute approximate surface area is 116 Å². The first kappa shape index (κ1) is 14.1. The van der Waals surface area contributed by atoms with Crippen LogP contribution in [0, 0.1) is 5.82 Å². The molecule has 6 nitrogen and oxygen atoms in total. The molecule has 4 N–H and O–H groups in total. The van der Waals surface area contributed by atoms with Crippen LogP contribution in [0.4, 0.5) is 4.39 Å². The molecule has 1 heterocycles. The molecule has 2 aromatic rings. The van der Waals surface area contributed by atoms with Gasteiger partial charge in [-0.15, -0.1) is 11.8 Å². The van der Waals surface area contributed by atoms with Crippen molar-refractivity contribution in [2.24, 2.45) is 5.73 Å². The van der Waals surface area contributed by atoms with Gasteiger partial charge in [0.25, 0.3) is 11.5 Å². The normalized spacial score (nSPS) is 10.4. The van der Waals surface area contributed by atoms with Gasteiger partial charge in [0.2, 0.25) is 0 Å². The van der Waals surface area contributed by atoms with Gasteiger partial charge in [0.15, 0.2) is 0 Å². The van der Waals surface area contributed by atoms with Crippen molar-refractivity contribution in [3.63, 3.8) is 0 Å². The summed E-state index contributed by atoms with van der Waals surface area (Å²) in [5.74, 6) is -1.13. The van der Waals surface area contributed by atoms with Gasteiger partial charge in [0, 0.05) is 10.6 Å². The van der Waals surface area contributed by atoms with E-state index in [1.807, 2.05) is 4.98 Å². The molecule has 20 heavy (non-hydrogen) atoms. The van der Waals surface area contributed by atoms with E-state index in [1.165, 1.54) is 23.9 Å². The maximum Gasteiger partial charge on any atom is 0.326 e. The summed E-state index contributed by atoms with van der Waals surface area (Å²) >= 11 is 1.22. The van der Waals surface area contributed by atoms with Crippen molar-refractivity contribution in [2.75, 3.05) is 0 Å². The van der Waals surface area contributed by atoms with Crippen molar-refractivity contribution in [1.29, 1.82) is 0 Å². The fourth-order valence-corrected chi connectivity index (χ4v) is 2.46. The van der Waals surface area contributed by atoms with Crippen LogP contribution < -0.4 is 17.0 Å². The van der Waals surface area contributed by atoms with Crippen LogP contribution in [0.2, 0.25) is 0 Å². The molecule has 0 aliphatic carbocycles. The molecule has 0 saturated carbocycles. The number of nitrogens with one attached hydrogen (secondary N) is 2. The number of thioether (sulfide) groups is 1. The minimum absolute atomic E-state index is 0.0754. The summed E-state index contributed by atoms with van der Waals surface area (Å²) in [5, 5.41) is 0. The topological polar surface area (TPSA) is 109 Å². The smallest absolute Gasteiger partial charge is 0.326 e. The van der Waals surface area contributed by atoms with Crippen molar-refractivity contribution in [2.45, 2.75) is 10.6 Å². The zero-order valence-electron chi connectivity index (χ0n) is 10.1. The second-order valence-corrected chi connectivity index (χ2v) is 4.92. The minimum Gasteiger partial charge on any atom is -0.364 e. The van der Waals surface area contributed by atoms with E-state index in [4.69, 9.17) is 5.73 Å². The predicted molar refractivity (Wildman–Crippen MR) is 72.2 cm³/mol. The SMILES string of the molecule is NC(=O)c1[nH]c(=O)[nH]c(=O)c1CSc1ccc(F)cc1. The van der Waals surface area contributed by atoms with Crippen molar-refractivity contribution in [3.8, 4) is 0 Å². The average Bonchev–Trinajstić information content (AvgIpc) is 2.38. The Morgan fingerprint density at radius 2 is 1.85 bits per heavy atom. The van der Waals surface area contributed by atoms with Crippen molar-refractivity contribution in [3.05, 3.63) is 62.2 Å². The van der Waals surface area contributed by atoms with Gasteiger partial charge in [0.05, 0.1) is 5.56 Å². The maximum absolute atomic E-state index is 12.8. The van der Waals surface area contributed by atoms with E-state index in [0.717, 1.165) is 0 Å². The number of aromatic amines is 2. The number of hydrogen-bond donors (Lipinski definition) is 3. The first-order valence-corrected chi connectivity index (χ1v) is 6.49. The van der Waals surface area contributed by atoms with E-state index >= 15 is 0 Å². The summed E-state index contributed by atoms with van der Waals surface area (Å²) in [4.78, 5) is 39.0. The number of hydrogen-bond acceptors (Lipinski definition) is 4. The molecule has 0 fully saturated rings. The van der Waals surface area contributed by atoms with Crippen molar-refractivity contribution in [1.82, 2.24) is 9.97 Å². The highest BCUT2D eigenvalue weighted by atomic mass is 32.2.